The van der Waals surface area contributed by atoms with E-state index < -0.39 is 0 Å². The number of ether oxygens (including phenoxy) is 1. The van der Waals surface area contributed by atoms with E-state index in [9.17, 15) is 9.59 Å². The fraction of sp³-hybridized carbons (Fsp3) is 0.524. The first kappa shape index (κ1) is 19.8. The molecule has 0 N–H and O–H groups in total. The minimum absolute atomic E-state index is 0.169. The Morgan fingerprint density at radius 3 is 2.58 bits per heavy atom. The first-order valence-corrected chi connectivity index (χ1v) is 10.7. The fourth-order valence-electron chi connectivity index (χ4n) is 4.75. The molecule has 5 heterocycles. The number of tetrazole rings is 1. The van der Waals surface area contributed by atoms with E-state index in [2.05, 4.69) is 31.5 Å². The van der Waals surface area contributed by atoms with Crippen LogP contribution in [0.5, 0.6) is 0 Å². The summed E-state index contributed by atoms with van der Waals surface area (Å²) in [5.41, 5.74) is 2.20. The van der Waals surface area contributed by atoms with Crippen molar-refractivity contribution in [1.82, 2.24) is 35.0 Å². The summed E-state index contributed by atoms with van der Waals surface area (Å²) >= 11 is 0. The second-order valence-electron chi connectivity index (χ2n) is 8.51. The van der Waals surface area contributed by atoms with E-state index in [4.69, 9.17) is 4.74 Å². The molecule has 1 amide bonds. The average molecular weight is 423 g/mol. The van der Waals surface area contributed by atoms with Crippen molar-refractivity contribution in [2.24, 2.45) is 5.41 Å². The lowest BCUT2D eigenvalue weighted by Crippen LogP contribution is -2.45. The predicted octanol–water partition coefficient (Wildman–Crippen LogP) is 0.745. The Morgan fingerprint density at radius 1 is 1.13 bits per heavy atom. The van der Waals surface area contributed by atoms with Gasteiger partial charge in [-0.05, 0) is 67.8 Å². The third kappa shape index (κ3) is 3.60. The van der Waals surface area contributed by atoms with Gasteiger partial charge in [0.2, 0.25) is 5.91 Å². The average Bonchev–Trinajstić information content (AvgIpc) is 3.51. The highest BCUT2D eigenvalue weighted by Crippen LogP contribution is 2.43. The first-order chi connectivity index (χ1) is 15.1. The quantitative estimate of drug-likeness (QED) is 0.649. The first-order valence-electron chi connectivity index (χ1n) is 10.7. The van der Waals surface area contributed by atoms with Crippen LogP contribution in [0, 0.1) is 5.41 Å². The molecule has 2 aromatic heterocycles. The molecule has 0 bridgehead atoms. The van der Waals surface area contributed by atoms with Crippen LogP contribution in [-0.2, 0) is 20.7 Å². The minimum Gasteiger partial charge on any atom is -0.456 e. The Labute approximate surface area is 179 Å². The molecule has 162 valence electrons. The number of hydrogen-bond donors (Lipinski definition) is 0. The SMILES string of the molecule is CC1=C(N2CCC3(CCN(CCc4ccc(-n5cnnn5)nc4)CC3)C2=O)COC1=O. The van der Waals surface area contributed by atoms with Crippen molar-refractivity contribution in [2.45, 2.75) is 32.6 Å². The minimum atomic E-state index is -0.306. The molecule has 3 aliphatic rings. The molecular formula is C21H25N7O3. The molecule has 3 aliphatic heterocycles. The van der Waals surface area contributed by atoms with Crippen LogP contribution in [0.4, 0.5) is 0 Å². The van der Waals surface area contributed by atoms with Crippen molar-refractivity contribution in [3.63, 3.8) is 0 Å². The third-order valence-corrected chi connectivity index (χ3v) is 6.84. The van der Waals surface area contributed by atoms with Crippen LogP contribution in [0.15, 0.2) is 35.9 Å². The summed E-state index contributed by atoms with van der Waals surface area (Å²) in [5, 5.41) is 11.1. The molecule has 0 aromatic carbocycles. The largest absolute Gasteiger partial charge is 0.456 e. The Balaban J connectivity index is 1.15. The summed E-state index contributed by atoms with van der Waals surface area (Å²) in [5.74, 6) is 0.555. The zero-order valence-corrected chi connectivity index (χ0v) is 17.5. The summed E-state index contributed by atoms with van der Waals surface area (Å²) in [6, 6.07) is 3.96. The molecule has 1 spiro atoms. The van der Waals surface area contributed by atoms with E-state index in [0.717, 1.165) is 56.6 Å². The second-order valence-corrected chi connectivity index (χ2v) is 8.51. The lowest BCUT2D eigenvalue weighted by atomic mass is 9.77. The zero-order chi connectivity index (χ0) is 21.4. The molecule has 0 atom stereocenters. The highest BCUT2D eigenvalue weighted by molar-refractivity contribution is 5.94. The van der Waals surface area contributed by atoms with Crippen molar-refractivity contribution >= 4 is 11.9 Å². The molecule has 10 nitrogen and oxygen atoms in total. The van der Waals surface area contributed by atoms with Crippen LogP contribution in [-0.4, -0.2) is 79.7 Å². The summed E-state index contributed by atoms with van der Waals surface area (Å²) in [7, 11) is 0. The molecule has 2 saturated heterocycles. The lowest BCUT2D eigenvalue weighted by molar-refractivity contribution is -0.138. The second kappa shape index (κ2) is 7.84. The summed E-state index contributed by atoms with van der Waals surface area (Å²) in [6.07, 6.45) is 6.86. The number of rotatable bonds is 5. The van der Waals surface area contributed by atoms with Gasteiger partial charge in [0, 0.05) is 19.3 Å². The highest BCUT2D eigenvalue weighted by atomic mass is 16.5. The summed E-state index contributed by atoms with van der Waals surface area (Å²) in [6.45, 7) is 5.40. The Kier molecular flexibility index (Phi) is 5.01. The Bertz CT molecular complexity index is 1010. The maximum Gasteiger partial charge on any atom is 0.336 e. The van der Waals surface area contributed by atoms with Gasteiger partial charge in [-0.25, -0.2) is 9.78 Å². The van der Waals surface area contributed by atoms with Crippen LogP contribution < -0.4 is 0 Å². The van der Waals surface area contributed by atoms with Crippen LogP contribution >= 0.6 is 0 Å². The van der Waals surface area contributed by atoms with E-state index >= 15 is 0 Å². The Hall–Kier alpha value is -3.14. The molecule has 2 fully saturated rings. The van der Waals surface area contributed by atoms with Gasteiger partial charge in [0.05, 0.1) is 16.7 Å². The number of amides is 1. The molecule has 0 radical (unpaired) electrons. The van der Waals surface area contributed by atoms with E-state index in [0.29, 0.717) is 17.9 Å². The lowest BCUT2D eigenvalue weighted by Gasteiger charge is -2.38. The normalized spacial score (nSPS) is 21.4. The number of hydrogen-bond acceptors (Lipinski definition) is 8. The van der Waals surface area contributed by atoms with E-state index in [-0.39, 0.29) is 23.9 Å². The van der Waals surface area contributed by atoms with Crippen molar-refractivity contribution < 1.29 is 14.3 Å². The van der Waals surface area contributed by atoms with Crippen LogP contribution in [0.25, 0.3) is 5.82 Å². The zero-order valence-electron chi connectivity index (χ0n) is 17.5. The summed E-state index contributed by atoms with van der Waals surface area (Å²) < 4.78 is 6.63. The third-order valence-electron chi connectivity index (χ3n) is 6.84. The van der Waals surface area contributed by atoms with E-state index in [1.54, 1.807) is 11.8 Å². The number of cyclic esters (lactones) is 1. The number of pyridine rings is 1. The van der Waals surface area contributed by atoms with Gasteiger partial charge in [0.15, 0.2) is 5.82 Å². The molecule has 10 heteroatoms. The van der Waals surface area contributed by atoms with Crippen molar-refractivity contribution in [1.29, 1.82) is 0 Å². The van der Waals surface area contributed by atoms with Gasteiger partial charge in [-0.3, -0.25) is 4.79 Å². The van der Waals surface area contributed by atoms with Gasteiger partial charge >= 0.3 is 5.97 Å². The monoisotopic (exact) mass is 423 g/mol. The summed E-state index contributed by atoms with van der Waals surface area (Å²) in [4.78, 5) is 33.5. The van der Waals surface area contributed by atoms with Crippen molar-refractivity contribution in [3.8, 4) is 5.82 Å². The van der Waals surface area contributed by atoms with Crippen LogP contribution in [0.3, 0.4) is 0 Å². The molecular weight excluding hydrogens is 398 g/mol. The van der Waals surface area contributed by atoms with Crippen LogP contribution in [0.1, 0.15) is 31.7 Å². The van der Waals surface area contributed by atoms with Crippen molar-refractivity contribution in [3.05, 3.63) is 41.5 Å². The number of carbonyl (C=O) groups is 2. The Morgan fingerprint density at radius 2 is 1.94 bits per heavy atom. The maximum atomic E-state index is 13.2. The van der Waals surface area contributed by atoms with Gasteiger partial charge in [-0.15, -0.1) is 5.10 Å². The number of carbonyl (C=O) groups excluding carboxylic acids is 2. The van der Waals surface area contributed by atoms with Crippen molar-refractivity contribution in [2.75, 3.05) is 32.8 Å². The number of nitrogens with zero attached hydrogens (tertiary/aromatic N) is 7. The topological polar surface area (TPSA) is 106 Å². The number of esters is 1. The predicted molar refractivity (Wildman–Crippen MR) is 109 cm³/mol. The number of piperidine rings is 1. The van der Waals surface area contributed by atoms with Gasteiger partial charge in [0.25, 0.3) is 0 Å². The molecule has 31 heavy (non-hydrogen) atoms. The molecule has 0 saturated carbocycles. The maximum absolute atomic E-state index is 13.2. The van der Waals surface area contributed by atoms with Crippen LogP contribution in [0.2, 0.25) is 0 Å². The van der Waals surface area contributed by atoms with E-state index in [1.165, 1.54) is 11.0 Å². The smallest absolute Gasteiger partial charge is 0.336 e. The molecule has 2 aromatic rings. The fourth-order valence-corrected chi connectivity index (χ4v) is 4.75. The molecule has 0 aliphatic carbocycles. The number of likely N-dealkylation sites (tertiary alicyclic amines) is 2. The van der Waals surface area contributed by atoms with Gasteiger partial charge < -0.3 is 14.5 Å². The molecule has 0 unspecified atom stereocenters. The van der Waals surface area contributed by atoms with Gasteiger partial charge in [0.1, 0.15) is 12.9 Å². The van der Waals surface area contributed by atoms with Gasteiger partial charge in [-0.2, -0.15) is 4.68 Å². The molecule has 5 rings (SSSR count). The van der Waals surface area contributed by atoms with E-state index in [1.807, 2.05) is 12.3 Å². The highest BCUT2D eigenvalue weighted by Gasteiger charge is 2.49. The number of aromatic nitrogens is 5. The standard InChI is InChI=1S/C21H25N7O3/c1-15-17(13-31-19(15)29)27-11-7-21(20(27)30)5-9-26(10-6-21)8-4-16-2-3-18(22-12-16)28-14-23-24-25-28/h2-3,12,14H,4-11,13H2,1H3. The van der Waals surface area contributed by atoms with Gasteiger partial charge in [-0.1, -0.05) is 6.07 Å².